The molecule has 0 spiro atoms. The van der Waals surface area contributed by atoms with Crippen molar-refractivity contribution in [1.29, 1.82) is 0 Å². The van der Waals surface area contributed by atoms with Crippen molar-refractivity contribution in [3.63, 3.8) is 0 Å². The number of nitrogens with zero attached hydrogens (tertiary/aromatic N) is 5. The molecule has 154 valence electrons. The maximum Gasteiger partial charge on any atom is 0.228 e. The van der Waals surface area contributed by atoms with E-state index in [0.717, 1.165) is 60.9 Å². The van der Waals surface area contributed by atoms with E-state index in [1.165, 1.54) is 5.56 Å². The third-order valence-electron chi connectivity index (χ3n) is 5.49. The van der Waals surface area contributed by atoms with Crippen LogP contribution < -0.4 is 14.5 Å². The largest absolute Gasteiger partial charge is 0.495 e. The normalized spacial score (nSPS) is 15.1. The molecule has 1 saturated heterocycles. The minimum Gasteiger partial charge on any atom is -0.495 e. The van der Waals surface area contributed by atoms with Gasteiger partial charge in [-0.2, -0.15) is 4.98 Å². The predicted octanol–water partition coefficient (Wildman–Crippen LogP) is 3.32. The third-order valence-corrected chi connectivity index (χ3v) is 5.77. The first-order valence-electron chi connectivity index (χ1n) is 9.80. The van der Waals surface area contributed by atoms with Crippen molar-refractivity contribution in [2.75, 3.05) is 57.2 Å². The van der Waals surface area contributed by atoms with Gasteiger partial charge in [0.25, 0.3) is 0 Å². The summed E-state index contributed by atoms with van der Waals surface area (Å²) in [5.74, 6) is 1.54. The molecule has 7 nitrogen and oxygen atoms in total. The highest BCUT2D eigenvalue weighted by molar-refractivity contribution is 6.34. The number of anilines is 2. The molecule has 0 unspecified atom stereocenters. The van der Waals surface area contributed by atoms with Gasteiger partial charge in [0, 0.05) is 52.5 Å². The second kappa shape index (κ2) is 8.08. The minimum absolute atomic E-state index is 0.505. The van der Waals surface area contributed by atoms with Gasteiger partial charge in [0.1, 0.15) is 16.5 Å². The standard InChI is InChI=1S/C21H27ClN6O/c1-14-15(18-19(22)24-21(26(2)3)25-20(18)23-14)13-27-9-11-28(12-10-27)16-7-5-6-8-17(16)29-4/h5-8H,9-13H2,1-4H3,(H,23,24,25). The van der Waals surface area contributed by atoms with Crippen molar-refractivity contribution >= 4 is 34.3 Å². The number of hydrogen-bond donors (Lipinski definition) is 1. The molecular formula is C21H27ClN6O. The summed E-state index contributed by atoms with van der Waals surface area (Å²) < 4.78 is 5.52. The van der Waals surface area contributed by atoms with Crippen LogP contribution in [0.15, 0.2) is 24.3 Å². The molecule has 3 heterocycles. The molecule has 29 heavy (non-hydrogen) atoms. The molecule has 0 atom stereocenters. The van der Waals surface area contributed by atoms with Crippen molar-refractivity contribution < 1.29 is 4.74 Å². The Morgan fingerprint density at radius 2 is 1.86 bits per heavy atom. The Morgan fingerprint density at radius 1 is 1.14 bits per heavy atom. The van der Waals surface area contributed by atoms with Crippen LogP contribution in [0.1, 0.15) is 11.3 Å². The molecule has 1 N–H and O–H groups in total. The molecule has 0 aliphatic carbocycles. The van der Waals surface area contributed by atoms with Gasteiger partial charge in [-0.1, -0.05) is 23.7 Å². The second-order valence-corrected chi connectivity index (χ2v) is 7.95. The fourth-order valence-electron chi connectivity index (χ4n) is 3.88. The Bertz CT molecular complexity index is 1010. The fourth-order valence-corrected chi connectivity index (χ4v) is 4.16. The number of halogens is 1. The van der Waals surface area contributed by atoms with Crippen LogP contribution in [0, 0.1) is 6.92 Å². The van der Waals surface area contributed by atoms with E-state index in [1.54, 1.807) is 7.11 Å². The van der Waals surface area contributed by atoms with Gasteiger partial charge in [0.15, 0.2) is 0 Å². The molecule has 0 amide bonds. The van der Waals surface area contributed by atoms with Crippen molar-refractivity contribution in [3.05, 3.63) is 40.7 Å². The van der Waals surface area contributed by atoms with Gasteiger partial charge >= 0.3 is 0 Å². The van der Waals surface area contributed by atoms with Crippen LogP contribution >= 0.6 is 11.6 Å². The van der Waals surface area contributed by atoms with Crippen LogP contribution in [0.25, 0.3) is 11.0 Å². The molecular weight excluding hydrogens is 388 g/mol. The molecule has 0 saturated carbocycles. The lowest BCUT2D eigenvalue weighted by atomic mass is 10.1. The first kappa shape index (κ1) is 19.8. The molecule has 4 rings (SSSR count). The topological polar surface area (TPSA) is 60.5 Å². The number of aryl methyl sites for hydroxylation is 1. The summed E-state index contributed by atoms with van der Waals surface area (Å²) in [6.45, 7) is 6.76. The maximum atomic E-state index is 6.54. The number of piperazine rings is 1. The summed E-state index contributed by atoms with van der Waals surface area (Å²) in [6, 6.07) is 8.20. The Balaban J connectivity index is 1.51. The number of aromatic amines is 1. The summed E-state index contributed by atoms with van der Waals surface area (Å²) in [5, 5.41) is 1.44. The quantitative estimate of drug-likeness (QED) is 0.646. The molecule has 3 aromatic rings. The number of nitrogens with one attached hydrogen (secondary N) is 1. The van der Waals surface area contributed by atoms with E-state index >= 15 is 0 Å². The van der Waals surface area contributed by atoms with Crippen molar-refractivity contribution in [1.82, 2.24) is 19.9 Å². The van der Waals surface area contributed by atoms with Gasteiger partial charge in [-0.15, -0.1) is 0 Å². The lowest BCUT2D eigenvalue weighted by Gasteiger charge is -2.36. The highest BCUT2D eigenvalue weighted by atomic mass is 35.5. The molecule has 1 aliphatic rings. The Kier molecular flexibility index (Phi) is 5.52. The number of aromatic nitrogens is 3. The van der Waals surface area contributed by atoms with E-state index in [0.29, 0.717) is 11.1 Å². The van der Waals surface area contributed by atoms with Crippen LogP contribution in [0.4, 0.5) is 11.6 Å². The number of hydrogen-bond acceptors (Lipinski definition) is 6. The maximum absolute atomic E-state index is 6.54. The highest BCUT2D eigenvalue weighted by Crippen LogP contribution is 2.31. The van der Waals surface area contributed by atoms with E-state index in [9.17, 15) is 0 Å². The lowest BCUT2D eigenvalue weighted by Crippen LogP contribution is -2.46. The predicted molar refractivity (Wildman–Crippen MR) is 118 cm³/mol. The highest BCUT2D eigenvalue weighted by Gasteiger charge is 2.23. The van der Waals surface area contributed by atoms with E-state index in [-0.39, 0.29) is 0 Å². The van der Waals surface area contributed by atoms with Crippen molar-refractivity contribution in [2.24, 2.45) is 0 Å². The van der Waals surface area contributed by atoms with Crippen LogP contribution in [-0.2, 0) is 6.54 Å². The van der Waals surface area contributed by atoms with Gasteiger partial charge in [0.05, 0.1) is 18.2 Å². The van der Waals surface area contributed by atoms with Gasteiger partial charge in [-0.3, -0.25) is 4.90 Å². The average Bonchev–Trinajstić information content (AvgIpc) is 3.04. The van der Waals surface area contributed by atoms with Crippen molar-refractivity contribution in [2.45, 2.75) is 13.5 Å². The van der Waals surface area contributed by atoms with Crippen LogP contribution in [0.5, 0.6) is 5.75 Å². The smallest absolute Gasteiger partial charge is 0.228 e. The molecule has 0 bridgehead atoms. The van der Waals surface area contributed by atoms with Crippen LogP contribution in [0.2, 0.25) is 5.15 Å². The number of ether oxygens (including phenoxy) is 1. The van der Waals surface area contributed by atoms with E-state index in [2.05, 4.69) is 43.8 Å². The fraction of sp³-hybridized carbons (Fsp3) is 0.429. The lowest BCUT2D eigenvalue weighted by molar-refractivity contribution is 0.249. The van der Waals surface area contributed by atoms with E-state index < -0.39 is 0 Å². The molecule has 1 fully saturated rings. The number of methoxy groups -OCH3 is 1. The molecule has 1 aromatic carbocycles. The monoisotopic (exact) mass is 414 g/mol. The minimum atomic E-state index is 0.505. The van der Waals surface area contributed by atoms with Gasteiger partial charge < -0.3 is 19.5 Å². The zero-order valence-corrected chi connectivity index (χ0v) is 18.1. The van der Waals surface area contributed by atoms with Crippen LogP contribution in [-0.4, -0.2) is 67.2 Å². The summed E-state index contributed by atoms with van der Waals surface area (Å²) >= 11 is 6.54. The van der Waals surface area contributed by atoms with E-state index in [1.807, 2.05) is 31.1 Å². The molecule has 8 heteroatoms. The summed E-state index contributed by atoms with van der Waals surface area (Å²) in [5.41, 5.74) is 4.24. The summed E-state index contributed by atoms with van der Waals surface area (Å²) in [7, 11) is 5.55. The molecule has 1 aliphatic heterocycles. The Labute approximate surface area is 176 Å². The Hall–Kier alpha value is -2.51. The second-order valence-electron chi connectivity index (χ2n) is 7.60. The summed E-state index contributed by atoms with van der Waals surface area (Å²) in [4.78, 5) is 19.2. The van der Waals surface area contributed by atoms with Gasteiger partial charge in [0.2, 0.25) is 5.95 Å². The van der Waals surface area contributed by atoms with Gasteiger partial charge in [-0.25, -0.2) is 4.98 Å². The van der Waals surface area contributed by atoms with E-state index in [4.69, 9.17) is 16.3 Å². The molecule has 0 radical (unpaired) electrons. The number of fused-ring (bicyclic) bond motifs is 1. The average molecular weight is 415 g/mol. The number of rotatable bonds is 5. The number of para-hydroxylation sites is 2. The first-order chi connectivity index (χ1) is 14.0. The van der Waals surface area contributed by atoms with Crippen LogP contribution in [0.3, 0.4) is 0 Å². The first-order valence-corrected chi connectivity index (χ1v) is 10.2. The SMILES string of the molecule is COc1ccccc1N1CCN(Cc2c(C)[nH]c3nc(N(C)C)nc(Cl)c23)CC1. The third kappa shape index (κ3) is 3.84. The van der Waals surface area contributed by atoms with Crippen molar-refractivity contribution in [3.8, 4) is 5.75 Å². The van der Waals surface area contributed by atoms with Gasteiger partial charge in [-0.05, 0) is 24.6 Å². The zero-order chi connectivity index (χ0) is 20.5. The number of H-pyrrole nitrogens is 1. The zero-order valence-electron chi connectivity index (χ0n) is 17.4. The molecule has 2 aromatic heterocycles. The number of benzene rings is 1. The summed E-state index contributed by atoms with van der Waals surface area (Å²) in [6.07, 6.45) is 0. The Morgan fingerprint density at radius 3 is 2.55 bits per heavy atom.